The van der Waals surface area contributed by atoms with Crippen LogP contribution in [-0.2, 0) is 18.4 Å². The monoisotopic (exact) mass is 455 g/mol. The molecule has 0 saturated carbocycles. The lowest BCUT2D eigenvalue weighted by molar-refractivity contribution is -0.651. The van der Waals surface area contributed by atoms with Crippen LogP contribution >= 0.6 is 0 Å². The number of fused-ring (bicyclic) bond motifs is 1. The molecule has 0 fully saturated rings. The van der Waals surface area contributed by atoms with Crippen molar-refractivity contribution in [3.05, 3.63) is 87.2 Å². The minimum absolute atomic E-state index is 0.00180. The van der Waals surface area contributed by atoms with Gasteiger partial charge in [-0.3, -0.25) is 9.59 Å². The minimum Gasteiger partial charge on any atom is -0.316 e. The van der Waals surface area contributed by atoms with Crippen molar-refractivity contribution >= 4 is 28.3 Å². The van der Waals surface area contributed by atoms with Gasteiger partial charge in [-0.2, -0.15) is 5.10 Å². The molecule has 0 saturated heterocycles. The van der Waals surface area contributed by atoms with Gasteiger partial charge in [0.25, 0.3) is 11.4 Å². The molecular formula is C25H23N6O3+. The number of rotatable bonds is 5. The highest BCUT2D eigenvalue weighted by Gasteiger charge is 2.26. The van der Waals surface area contributed by atoms with Crippen molar-refractivity contribution in [1.82, 2.24) is 15.0 Å². The largest absolute Gasteiger partial charge is 0.316 e. The number of nitroso groups, excluding NO2 is 1. The van der Waals surface area contributed by atoms with Crippen LogP contribution in [0, 0.1) is 10.8 Å². The van der Waals surface area contributed by atoms with Crippen LogP contribution in [0.1, 0.15) is 24.5 Å². The number of nitrogens with one attached hydrogen (secondary N) is 2. The summed E-state index contributed by atoms with van der Waals surface area (Å²) in [7, 11) is 1.60. The average molecular weight is 455 g/mol. The van der Waals surface area contributed by atoms with E-state index in [1.54, 1.807) is 13.2 Å². The summed E-state index contributed by atoms with van der Waals surface area (Å²) < 4.78 is 3.47. The van der Waals surface area contributed by atoms with Crippen LogP contribution < -0.4 is 15.6 Å². The lowest BCUT2D eigenvalue weighted by atomic mass is 9.94. The van der Waals surface area contributed by atoms with Crippen molar-refractivity contribution in [1.29, 1.82) is 0 Å². The summed E-state index contributed by atoms with van der Waals surface area (Å²) in [6.45, 7) is 2.56. The Morgan fingerprint density at radius 3 is 2.65 bits per heavy atom. The van der Waals surface area contributed by atoms with Gasteiger partial charge >= 0.3 is 0 Å². The molecule has 2 aromatic heterocycles. The van der Waals surface area contributed by atoms with Gasteiger partial charge in [0.15, 0.2) is 16.7 Å². The van der Waals surface area contributed by atoms with E-state index in [1.165, 1.54) is 10.6 Å². The summed E-state index contributed by atoms with van der Waals surface area (Å²) in [5, 5.41) is 7.20. The van der Waals surface area contributed by atoms with E-state index < -0.39 is 5.56 Å². The summed E-state index contributed by atoms with van der Waals surface area (Å²) in [6.07, 6.45) is 2.08. The summed E-state index contributed by atoms with van der Waals surface area (Å²) in [5.74, 6) is 0.653. The van der Waals surface area contributed by atoms with Crippen molar-refractivity contribution in [2.45, 2.75) is 19.9 Å². The van der Waals surface area contributed by atoms with Crippen molar-refractivity contribution in [2.75, 3.05) is 0 Å². The third-order valence-corrected chi connectivity index (χ3v) is 6.09. The summed E-state index contributed by atoms with van der Waals surface area (Å²) in [5.41, 5.74) is 7.29. The zero-order valence-corrected chi connectivity index (χ0v) is 18.8. The Labute approximate surface area is 194 Å². The first-order chi connectivity index (χ1) is 16.4. The molecule has 34 heavy (non-hydrogen) atoms. The molecule has 4 aromatic rings. The Morgan fingerprint density at radius 1 is 1.12 bits per heavy atom. The number of nitrogens with zero attached hydrogens (tertiary/aromatic N) is 4. The highest BCUT2D eigenvalue weighted by molar-refractivity contribution is 6.07. The van der Waals surface area contributed by atoms with Crippen LogP contribution in [0.2, 0.25) is 0 Å². The minimum atomic E-state index is -0.446. The molecule has 5 rings (SSSR count). The maximum Gasteiger partial charge on any atom is 0.289 e. The smallest absolute Gasteiger partial charge is 0.289 e. The number of amides is 1. The average Bonchev–Trinajstić information content (AvgIpc) is 3.19. The van der Waals surface area contributed by atoms with Gasteiger partial charge in [0.05, 0.1) is 11.3 Å². The fourth-order valence-corrected chi connectivity index (χ4v) is 4.40. The van der Waals surface area contributed by atoms with E-state index in [1.807, 2.05) is 55.5 Å². The number of aromatic nitrogens is 3. The highest BCUT2D eigenvalue weighted by Crippen LogP contribution is 2.24. The van der Waals surface area contributed by atoms with Gasteiger partial charge in [-0.15, -0.1) is 4.91 Å². The van der Waals surface area contributed by atoms with Gasteiger partial charge in [0.1, 0.15) is 6.54 Å². The topological polar surface area (TPSA) is 113 Å². The van der Waals surface area contributed by atoms with Gasteiger partial charge in [-0.1, -0.05) is 37.3 Å². The van der Waals surface area contributed by atoms with E-state index in [4.69, 9.17) is 0 Å². The number of hydrazone groups is 1. The molecule has 1 aliphatic rings. The molecule has 9 heteroatoms. The number of aryl methyl sites for hydroxylation is 1. The summed E-state index contributed by atoms with van der Waals surface area (Å²) in [6, 6.07) is 17.6. The SMILES string of the molecule is CC1CC(=O)NN=C1c1ccc2c(c1)[nH]c(-c1cc(N=O)c(=O)n(C)c1)[n+]2Cc1ccccc1. The summed E-state index contributed by atoms with van der Waals surface area (Å²) in [4.78, 5) is 38.6. The van der Waals surface area contributed by atoms with E-state index in [-0.39, 0.29) is 17.5 Å². The van der Waals surface area contributed by atoms with Gasteiger partial charge in [-0.05, 0) is 35.0 Å². The number of imidazole rings is 1. The lowest BCUT2D eigenvalue weighted by Crippen LogP contribution is -2.36. The Bertz CT molecular complexity index is 1520. The molecule has 1 amide bonds. The second kappa shape index (κ2) is 8.51. The second-order valence-electron chi connectivity index (χ2n) is 8.54. The second-order valence-corrected chi connectivity index (χ2v) is 8.54. The normalized spacial score (nSPS) is 15.8. The van der Waals surface area contributed by atoms with E-state index in [0.717, 1.165) is 33.7 Å². The van der Waals surface area contributed by atoms with Crippen molar-refractivity contribution in [2.24, 2.45) is 23.2 Å². The number of hydrogen-bond donors (Lipinski definition) is 2. The lowest BCUT2D eigenvalue weighted by Gasteiger charge is -2.18. The van der Waals surface area contributed by atoms with Crippen LogP contribution in [0.4, 0.5) is 5.69 Å². The van der Waals surface area contributed by atoms with Gasteiger partial charge < -0.3 is 4.57 Å². The molecule has 0 bridgehead atoms. The molecule has 3 heterocycles. The van der Waals surface area contributed by atoms with Gasteiger partial charge in [-0.25, -0.2) is 15.0 Å². The van der Waals surface area contributed by atoms with Gasteiger partial charge in [0, 0.05) is 31.1 Å². The molecule has 0 radical (unpaired) electrons. The van der Waals surface area contributed by atoms with Gasteiger partial charge in [0.2, 0.25) is 5.91 Å². The molecule has 2 aromatic carbocycles. The molecule has 2 N–H and O–H groups in total. The molecule has 0 spiro atoms. The Morgan fingerprint density at radius 2 is 1.91 bits per heavy atom. The predicted molar refractivity (Wildman–Crippen MR) is 129 cm³/mol. The molecule has 0 aliphatic carbocycles. The fourth-order valence-electron chi connectivity index (χ4n) is 4.40. The number of carbonyl (C=O) groups excluding carboxylic acids is 1. The van der Waals surface area contributed by atoms with Crippen molar-refractivity contribution in [3.8, 4) is 11.4 Å². The number of aromatic amines is 1. The van der Waals surface area contributed by atoms with Crippen molar-refractivity contribution < 1.29 is 9.36 Å². The van der Waals surface area contributed by atoms with Crippen molar-refractivity contribution in [3.63, 3.8) is 0 Å². The first kappa shape index (κ1) is 21.4. The third-order valence-electron chi connectivity index (χ3n) is 6.09. The maximum absolute atomic E-state index is 12.2. The van der Waals surface area contributed by atoms with Crippen LogP contribution in [0.25, 0.3) is 22.4 Å². The van der Waals surface area contributed by atoms with E-state index in [2.05, 4.69) is 25.3 Å². The quantitative estimate of drug-likeness (QED) is 0.356. The van der Waals surface area contributed by atoms with E-state index in [0.29, 0.717) is 18.5 Å². The fraction of sp³-hybridized carbons (Fsp3) is 0.200. The first-order valence-corrected chi connectivity index (χ1v) is 11.0. The number of benzene rings is 2. The predicted octanol–water partition coefficient (Wildman–Crippen LogP) is 3.13. The van der Waals surface area contributed by atoms with Crippen LogP contribution in [0.15, 0.2) is 75.9 Å². The molecule has 1 aliphatic heterocycles. The Kier molecular flexibility index (Phi) is 5.37. The number of carbonyl (C=O) groups is 1. The summed E-state index contributed by atoms with van der Waals surface area (Å²) >= 11 is 0. The molecule has 9 nitrogen and oxygen atoms in total. The Hall–Kier alpha value is -4.40. The van der Waals surface area contributed by atoms with Crippen LogP contribution in [0.5, 0.6) is 0 Å². The van der Waals surface area contributed by atoms with Crippen LogP contribution in [-0.4, -0.2) is 21.2 Å². The number of hydrogen-bond acceptors (Lipinski definition) is 5. The first-order valence-electron chi connectivity index (χ1n) is 11.0. The number of pyridine rings is 1. The van der Waals surface area contributed by atoms with Crippen LogP contribution in [0.3, 0.4) is 0 Å². The molecule has 1 unspecified atom stereocenters. The highest BCUT2D eigenvalue weighted by atomic mass is 16.3. The zero-order valence-electron chi connectivity index (χ0n) is 18.8. The number of H-pyrrole nitrogens is 1. The molecule has 170 valence electrons. The molecular weight excluding hydrogens is 432 g/mol. The zero-order chi connectivity index (χ0) is 23.8. The standard InChI is InChI=1S/C25H22N6O3/c1-15-10-22(32)27-28-23(15)17-8-9-21-19(11-17)26-24(31(21)13-16-6-4-3-5-7-16)18-12-20(29-34)25(33)30(2)14-18/h3-9,11-12,14-15H,10,13H2,1-2H3,(H,27,32)/p+1. The molecule has 1 atom stereocenters. The van der Waals surface area contributed by atoms with E-state index in [9.17, 15) is 14.5 Å². The maximum atomic E-state index is 12.2. The Balaban J connectivity index is 1.70. The third kappa shape index (κ3) is 3.81. The van der Waals surface area contributed by atoms with E-state index >= 15 is 0 Å².